The molecule has 0 fully saturated rings. The van der Waals surface area contributed by atoms with E-state index in [0.717, 1.165) is 23.9 Å². The van der Waals surface area contributed by atoms with Gasteiger partial charge in [0.1, 0.15) is 5.25 Å². The maximum Gasteiger partial charge on any atom is 0.416 e. The number of anilines is 2. The summed E-state index contributed by atoms with van der Waals surface area (Å²) in [6.07, 6.45) is -4.55. The van der Waals surface area contributed by atoms with Crippen LogP contribution in [0.2, 0.25) is 0 Å². The number of nitrogens with zero attached hydrogens (tertiary/aromatic N) is 1. The highest BCUT2D eigenvalue weighted by Crippen LogP contribution is 2.38. The molecule has 2 amide bonds. The van der Waals surface area contributed by atoms with E-state index in [9.17, 15) is 32.9 Å². The van der Waals surface area contributed by atoms with Crippen molar-refractivity contribution < 1.29 is 27.7 Å². The van der Waals surface area contributed by atoms with Crippen molar-refractivity contribution in [2.45, 2.75) is 16.3 Å². The van der Waals surface area contributed by atoms with Crippen LogP contribution in [0, 0.1) is 10.1 Å². The summed E-state index contributed by atoms with van der Waals surface area (Å²) in [6.45, 7) is 0. The van der Waals surface area contributed by atoms with Gasteiger partial charge in [0.15, 0.2) is 0 Å². The standard InChI is InChI=1S/C28H20F3N3O4S/c29-28(30,31)20-8-4-9-21(16-20)33-27(36)25(18-6-2-1-3-7-18)39-24-11-5-10-22(17-24)32-26(35)19-12-14-23(15-13-19)34(37)38/h1-17,25H,(H,32,35)(H,33,36). The van der Waals surface area contributed by atoms with Gasteiger partial charge in [0, 0.05) is 34.0 Å². The van der Waals surface area contributed by atoms with E-state index in [0.29, 0.717) is 16.1 Å². The first-order valence-corrected chi connectivity index (χ1v) is 12.3. The lowest BCUT2D eigenvalue weighted by molar-refractivity contribution is -0.384. The van der Waals surface area contributed by atoms with Gasteiger partial charge in [0.25, 0.3) is 11.6 Å². The number of rotatable bonds is 8. The molecule has 0 spiro atoms. The van der Waals surface area contributed by atoms with Crippen LogP contribution in [0.25, 0.3) is 0 Å². The van der Waals surface area contributed by atoms with Gasteiger partial charge in [-0.15, -0.1) is 11.8 Å². The third-order valence-corrected chi connectivity index (χ3v) is 6.73. The van der Waals surface area contributed by atoms with Crippen molar-refractivity contribution >= 4 is 40.6 Å². The van der Waals surface area contributed by atoms with Gasteiger partial charge in [-0.25, -0.2) is 0 Å². The van der Waals surface area contributed by atoms with Crippen LogP contribution in [-0.4, -0.2) is 16.7 Å². The molecule has 0 saturated heterocycles. The molecule has 0 bridgehead atoms. The van der Waals surface area contributed by atoms with Gasteiger partial charge in [-0.05, 0) is 54.1 Å². The third kappa shape index (κ3) is 7.23. The highest BCUT2D eigenvalue weighted by Gasteiger charge is 2.31. The fourth-order valence-electron chi connectivity index (χ4n) is 3.60. The molecule has 0 aromatic heterocycles. The van der Waals surface area contributed by atoms with Gasteiger partial charge in [0.2, 0.25) is 5.91 Å². The van der Waals surface area contributed by atoms with E-state index in [1.54, 1.807) is 54.6 Å². The number of hydrogen-bond donors (Lipinski definition) is 2. The highest BCUT2D eigenvalue weighted by atomic mass is 32.2. The molecule has 0 heterocycles. The molecule has 1 unspecified atom stereocenters. The molecule has 0 aliphatic heterocycles. The van der Waals surface area contributed by atoms with Gasteiger partial charge in [0.05, 0.1) is 10.5 Å². The minimum atomic E-state index is -4.55. The second-order valence-electron chi connectivity index (χ2n) is 8.26. The number of nitro groups is 1. The number of thioether (sulfide) groups is 1. The molecule has 2 N–H and O–H groups in total. The van der Waals surface area contributed by atoms with Crippen LogP contribution in [0.3, 0.4) is 0 Å². The normalized spacial score (nSPS) is 11.9. The number of nitro benzene ring substituents is 1. The lowest BCUT2D eigenvalue weighted by atomic mass is 10.1. The maximum absolute atomic E-state index is 13.3. The molecule has 0 aliphatic rings. The maximum atomic E-state index is 13.3. The molecular weight excluding hydrogens is 531 g/mol. The Morgan fingerprint density at radius 3 is 2.08 bits per heavy atom. The predicted molar refractivity (Wildman–Crippen MR) is 143 cm³/mol. The van der Waals surface area contributed by atoms with Gasteiger partial charge < -0.3 is 10.6 Å². The van der Waals surface area contributed by atoms with Crippen LogP contribution in [0.1, 0.15) is 26.7 Å². The Bertz CT molecular complexity index is 1500. The topological polar surface area (TPSA) is 101 Å². The van der Waals surface area contributed by atoms with E-state index in [4.69, 9.17) is 0 Å². The van der Waals surface area contributed by atoms with Crippen LogP contribution >= 0.6 is 11.8 Å². The van der Waals surface area contributed by atoms with Crippen molar-refractivity contribution in [3.8, 4) is 0 Å². The second-order valence-corrected chi connectivity index (χ2v) is 9.44. The molecular formula is C28H20F3N3O4S. The summed E-state index contributed by atoms with van der Waals surface area (Å²) in [5.41, 5.74) is 0.281. The Hall–Kier alpha value is -4.64. The Labute approximate surface area is 225 Å². The number of non-ortho nitro benzene ring substituents is 1. The molecule has 4 aromatic rings. The van der Waals surface area contributed by atoms with Gasteiger partial charge in [-0.2, -0.15) is 13.2 Å². The molecule has 39 heavy (non-hydrogen) atoms. The number of nitrogens with one attached hydrogen (secondary N) is 2. The first-order chi connectivity index (χ1) is 18.6. The summed E-state index contributed by atoms with van der Waals surface area (Å²) in [5, 5.41) is 15.3. The summed E-state index contributed by atoms with van der Waals surface area (Å²) in [5.74, 6) is -1.00. The average Bonchev–Trinajstić information content (AvgIpc) is 2.92. The zero-order valence-electron chi connectivity index (χ0n) is 20.0. The fraction of sp³-hybridized carbons (Fsp3) is 0.0714. The quantitative estimate of drug-likeness (QED) is 0.136. The lowest BCUT2D eigenvalue weighted by Crippen LogP contribution is -2.19. The zero-order chi connectivity index (χ0) is 28.0. The third-order valence-electron chi connectivity index (χ3n) is 5.48. The van der Waals surface area contributed by atoms with E-state index in [2.05, 4.69) is 10.6 Å². The SMILES string of the molecule is O=C(Nc1cccc(SC(C(=O)Nc2cccc(C(F)(F)F)c2)c2ccccc2)c1)c1ccc([N+](=O)[O-])cc1. The first-order valence-electron chi connectivity index (χ1n) is 11.5. The lowest BCUT2D eigenvalue weighted by Gasteiger charge is -2.18. The number of halogens is 3. The van der Waals surface area contributed by atoms with Crippen molar-refractivity contribution in [2.75, 3.05) is 10.6 Å². The molecule has 198 valence electrons. The summed E-state index contributed by atoms with van der Waals surface area (Å²) in [4.78, 5) is 36.8. The van der Waals surface area contributed by atoms with E-state index in [1.807, 2.05) is 0 Å². The number of amides is 2. The van der Waals surface area contributed by atoms with Gasteiger partial charge >= 0.3 is 6.18 Å². The highest BCUT2D eigenvalue weighted by molar-refractivity contribution is 8.00. The summed E-state index contributed by atoms with van der Waals surface area (Å²) in [6, 6.07) is 25.0. The molecule has 0 aliphatic carbocycles. The number of carbonyl (C=O) groups is 2. The number of hydrogen-bond acceptors (Lipinski definition) is 5. The minimum absolute atomic E-state index is 0.0143. The van der Waals surface area contributed by atoms with Crippen LogP contribution in [0.5, 0.6) is 0 Å². The minimum Gasteiger partial charge on any atom is -0.325 e. The Morgan fingerprint density at radius 2 is 1.44 bits per heavy atom. The summed E-state index contributed by atoms with van der Waals surface area (Å²) >= 11 is 1.16. The fourth-order valence-corrected chi connectivity index (χ4v) is 4.69. The molecule has 11 heteroatoms. The average molecular weight is 552 g/mol. The van der Waals surface area contributed by atoms with Crippen molar-refractivity contribution in [3.05, 3.63) is 130 Å². The smallest absolute Gasteiger partial charge is 0.325 e. The van der Waals surface area contributed by atoms with E-state index < -0.39 is 33.7 Å². The van der Waals surface area contributed by atoms with Crippen molar-refractivity contribution in [3.63, 3.8) is 0 Å². The molecule has 4 aromatic carbocycles. The molecule has 4 rings (SSSR count). The predicted octanol–water partition coefficient (Wildman–Crippen LogP) is 7.34. The Morgan fingerprint density at radius 1 is 0.795 bits per heavy atom. The monoisotopic (exact) mass is 551 g/mol. The van der Waals surface area contributed by atoms with Crippen molar-refractivity contribution in [1.29, 1.82) is 0 Å². The Balaban J connectivity index is 1.53. The van der Waals surface area contributed by atoms with E-state index in [-0.39, 0.29) is 16.9 Å². The summed E-state index contributed by atoms with van der Waals surface area (Å²) < 4.78 is 39.4. The largest absolute Gasteiger partial charge is 0.416 e. The van der Waals surface area contributed by atoms with Crippen molar-refractivity contribution in [2.24, 2.45) is 0 Å². The number of alkyl halides is 3. The first kappa shape index (κ1) is 27.4. The van der Waals surface area contributed by atoms with Gasteiger partial charge in [-0.3, -0.25) is 19.7 Å². The Kier molecular flexibility index (Phi) is 8.30. The van der Waals surface area contributed by atoms with Crippen LogP contribution < -0.4 is 10.6 Å². The second kappa shape index (κ2) is 11.8. The van der Waals surface area contributed by atoms with E-state index >= 15 is 0 Å². The van der Waals surface area contributed by atoms with Gasteiger partial charge in [-0.1, -0.05) is 42.5 Å². The van der Waals surface area contributed by atoms with Crippen molar-refractivity contribution in [1.82, 2.24) is 0 Å². The van der Waals surface area contributed by atoms with E-state index in [1.165, 1.54) is 36.4 Å². The molecule has 0 saturated carbocycles. The number of benzene rings is 4. The van der Waals surface area contributed by atoms with Crippen LogP contribution in [-0.2, 0) is 11.0 Å². The summed E-state index contributed by atoms with van der Waals surface area (Å²) in [7, 11) is 0. The zero-order valence-corrected chi connectivity index (χ0v) is 20.8. The van der Waals surface area contributed by atoms with Crippen LogP contribution in [0.4, 0.5) is 30.2 Å². The number of carbonyl (C=O) groups excluding carboxylic acids is 2. The molecule has 0 radical (unpaired) electrons. The molecule has 7 nitrogen and oxygen atoms in total. The van der Waals surface area contributed by atoms with Crippen LogP contribution in [0.15, 0.2) is 108 Å². The molecule has 1 atom stereocenters.